The highest BCUT2D eigenvalue weighted by Crippen LogP contribution is 2.21. The first-order valence-electron chi connectivity index (χ1n) is 5.31. The van der Waals surface area contributed by atoms with Crippen molar-refractivity contribution in [3.63, 3.8) is 0 Å². The third kappa shape index (κ3) is 1.81. The lowest BCUT2D eigenvalue weighted by molar-refractivity contribution is 0.344. The van der Waals surface area contributed by atoms with Gasteiger partial charge in [0.25, 0.3) is 0 Å². The minimum atomic E-state index is 0.463. The van der Waals surface area contributed by atoms with Crippen molar-refractivity contribution >= 4 is 0 Å². The molecule has 0 bridgehead atoms. The van der Waals surface area contributed by atoms with Crippen molar-refractivity contribution in [1.82, 2.24) is 10.6 Å². The summed E-state index contributed by atoms with van der Waals surface area (Å²) in [5.41, 5.74) is 2.80. The maximum Gasteiger partial charge on any atom is 0.0476 e. The number of benzene rings is 1. The molecular weight excluding hydrogens is 172 g/mol. The highest BCUT2D eigenvalue weighted by Gasteiger charge is 2.22. The van der Waals surface area contributed by atoms with Crippen LogP contribution < -0.4 is 10.6 Å². The van der Waals surface area contributed by atoms with Gasteiger partial charge in [-0.1, -0.05) is 24.3 Å². The summed E-state index contributed by atoms with van der Waals surface area (Å²) in [5, 5.41) is 7.06. The van der Waals surface area contributed by atoms with E-state index in [-0.39, 0.29) is 0 Å². The molecule has 0 aliphatic carbocycles. The molecule has 0 saturated carbocycles. The third-order valence-electron chi connectivity index (χ3n) is 2.98. The van der Waals surface area contributed by atoms with Crippen molar-refractivity contribution in [3.05, 3.63) is 35.4 Å². The lowest BCUT2D eigenvalue weighted by Gasteiger charge is -2.32. The van der Waals surface area contributed by atoms with Crippen LogP contribution in [0.2, 0.25) is 0 Å². The summed E-state index contributed by atoms with van der Waals surface area (Å²) < 4.78 is 0. The van der Waals surface area contributed by atoms with Crippen LogP contribution in [0.4, 0.5) is 0 Å². The van der Waals surface area contributed by atoms with E-state index >= 15 is 0 Å². The predicted molar refractivity (Wildman–Crippen MR) is 59.4 cm³/mol. The molecule has 1 fully saturated rings. The molecule has 2 rings (SSSR count). The van der Waals surface area contributed by atoms with Crippen LogP contribution in [-0.2, 0) is 0 Å². The first kappa shape index (κ1) is 9.69. The fourth-order valence-electron chi connectivity index (χ4n) is 2.14. The van der Waals surface area contributed by atoms with E-state index < -0.39 is 0 Å². The Kier molecular flexibility index (Phi) is 2.85. The monoisotopic (exact) mass is 190 g/mol. The number of hydrogen-bond donors (Lipinski definition) is 2. The summed E-state index contributed by atoms with van der Waals surface area (Å²) >= 11 is 0. The third-order valence-corrected chi connectivity index (χ3v) is 2.98. The number of aryl methyl sites for hydroxylation is 1. The smallest absolute Gasteiger partial charge is 0.0476 e. The highest BCUT2D eigenvalue weighted by atomic mass is 15.1. The van der Waals surface area contributed by atoms with Gasteiger partial charge < -0.3 is 10.6 Å². The first-order valence-corrected chi connectivity index (χ1v) is 5.31. The van der Waals surface area contributed by atoms with Crippen molar-refractivity contribution in [2.45, 2.75) is 25.9 Å². The summed E-state index contributed by atoms with van der Waals surface area (Å²) in [4.78, 5) is 0. The Morgan fingerprint density at radius 1 is 1.14 bits per heavy atom. The van der Waals surface area contributed by atoms with E-state index in [1.807, 2.05) is 0 Å². The van der Waals surface area contributed by atoms with Gasteiger partial charge in [-0.25, -0.2) is 0 Å². The van der Waals surface area contributed by atoms with Gasteiger partial charge in [0.2, 0.25) is 0 Å². The molecule has 1 saturated heterocycles. The van der Waals surface area contributed by atoms with E-state index in [9.17, 15) is 0 Å². The molecule has 0 radical (unpaired) electrons. The topological polar surface area (TPSA) is 24.1 Å². The quantitative estimate of drug-likeness (QED) is 0.703. The molecular formula is C12H18N2. The molecule has 2 unspecified atom stereocenters. The van der Waals surface area contributed by atoms with Crippen molar-refractivity contribution in [2.75, 3.05) is 13.1 Å². The van der Waals surface area contributed by atoms with Crippen LogP contribution in [0.3, 0.4) is 0 Å². The first-order chi connectivity index (χ1) is 6.79. The molecule has 1 heterocycles. The molecule has 0 amide bonds. The zero-order chi connectivity index (χ0) is 9.97. The maximum atomic E-state index is 3.56. The summed E-state index contributed by atoms with van der Waals surface area (Å²) in [7, 11) is 0. The summed E-state index contributed by atoms with van der Waals surface area (Å²) in [6, 6.07) is 9.59. The van der Waals surface area contributed by atoms with Gasteiger partial charge in [-0.3, -0.25) is 0 Å². The Bertz CT molecular complexity index is 309. The SMILES string of the molecule is Cc1ccccc1C1NCCNC1C. The molecule has 2 nitrogen and oxygen atoms in total. The second-order valence-corrected chi connectivity index (χ2v) is 4.03. The van der Waals surface area contributed by atoms with E-state index in [2.05, 4.69) is 48.7 Å². The van der Waals surface area contributed by atoms with Crippen LogP contribution in [0.1, 0.15) is 24.1 Å². The molecule has 2 atom stereocenters. The van der Waals surface area contributed by atoms with Crippen LogP contribution in [0.15, 0.2) is 24.3 Å². The van der Waals surface area contributed by atoms with Gasteiger partial charge >= 0.3 is 0 Å². The molecule has 14 heavy (non-hydrogen) atoms. The van der Waals surface area contributed by atoms with Gasteiger partial charge in [-0.15, -0.1) is 0 Å². The van der Waals surface area contributed by atoms with Crippen molar-refractivity contribution < 1.29 is 0 Å². The molecule has 1 aliphatic rings. The number of rotatable bonds is 1. The Morgan fingerprint density at radius 3 is 2.57 bits per heavy atom. The second kappa shape index (κ2) is 4.11. The van der Waals surface area contributed by atoms with E-state index in [4.69, 9.17) is 0 Å². The molecule has 0 aromatic heterocycles. The van der Waals surface area contributed by atoms with Crippen molar-refractivity contribution in [3.8, 4) is 0 Å². The summed E-state index contributed by atoms with van der Waals surface area (Å²) in [6.07, 6.45) is 0. The van der Waals surface area contributed by atoms with Crippen LogP contribution >= 0.6 is 0 Å². The lowest BCUT2D eigenvalue weighted by atomic mass is 9.95. The maximum absolute atomic E-state index is 3.56. The Hall–Kier alpha value is -0.860. The van der Waals surface area contributed by atoms with Gasteiger partial charge in [-0.2, -0.15) is 0 Å². The van der Waals surface area contributed by atoms with E-state index in [1.165, 1.54) is 11.1 Å². The van der Waals surface area contributed by atoms with E-state index in [1.54, 1.807) is 0 Å². The zero-order valence-electron chi connectivity index (χ0n) is 8.88. The van der Waals surface area contributed by atoms with E-state index in [0.717, 1.165) is 13.1 Å². The average molecular weight is 190 g/mol. The molecule has 1 aromatic rings. The normalized spacial score (nSPS) is 27.6. The van der Waals surface area contributed by atoms with Gasteiger partial charge in [-0.05, 0) is 25.0 Å². The Morgan fingerprint density at radius 2 is 1.86 bits per heavy atom. The lowest BCUT2D eigenvalue weighted by Crippen LogP contribution is -2.49. The largest absolute Gasteiger partial charge is 0.311 e. The number of nitrogens with one attached hydrogen (secondary N) is 2. The van der Waals surface area contributed by atoms with Crippen molar-refractivity contribution in [2.24, 2.45) is 0 Å². The van der Waals surface area contributed by atoms with Gasteiger partial charge in [0.1, 0.15) is 0 Å². The van der Waals surface area contributed by atoms with Crippen LogP contribution in [0, 0.1) is 6.92 Å². The van der Waals surface area contributed by atoms with Crippen LogP contribution in [0.25, 0.3) is 0 Å². The molecule has 76 valence electrons. The number of hydrogen-bond acceptors (Lipinski definition) is 2. The second-order valence-electron chi connectivity index (χ2n) is 4.03. The minimum absolute atomic E-state index is 0.463. The zero-order valence-corrected chi connectivity index (χ0v) is 8.88. The molecule has 0 spiro atoms. The van der Waals surface area contributed by atoms with Crippen LogP contribution in [-0.4, -0.2) is 19.1 Å². The summed E-state index contributed by atoms with van der Waals surface area (Å²) in [5.74, 6) is 0. The number of piperazine rings is 1. The van der Waals surface area contributed by atoms with Crippen LogP contribution in [0.5, 0.6) is 0 Å². The molecule has 1 aromatic carbocycles. The summed E-state index contributed by atoms with van der Waals surface area (Å²) in [6.45, 7) is 6.55. The van der Waals surface area contributed by atoms with Gasteiger partial charge in [0.05, 0.1) is 0 Å². The van der Waals surface area contributed by atoms with Crippen molar-refractivity contribution in [1.29, 1.82) is 0 Å². The molecule has 1 aliphatic heterocycles. The predicted octanol–water partition coefficient (Wildman–Crippen LogP) is 1.62. The minimum Gasteiger partial charge on any atom is -0.311 e. The average Bonchev–Trinajstić information content (AvgIpc) is 2.20. The fourth-order valence-corrected chi connectivity index (χ4v) is 2.14. The standard InChI is InChI=1S/C12H18N2/c1-9-5-3-4-6-11(9)12-10(2)13-7-8-14-12/h3-6,10,12-14H,7-8H2,1-2H3. The molecule has 2 N–H and O–H groups in total. The Labute approximate surface area is 85.7 Å². The van der Waals surface area contributed by atoms with E-state index in [0.29, 0.717) is 12.1 Å². The van der Waals surface area contributed by atoms with Gasteiger partial charge in [0, 0.05) is 25.2 Å². The van der Waals surface area contributed by atoms with Gasteiger partial charge in [0.15, 0.2) is 0 Å². The highest BCUT2D eigenvalue weighted by molar-refractivity contribution is 5.30. The fraction of sp³-hybridized carbons (Fsp3) is 0.500. The Balaban J connectivity index is 2.25. The molecule has 2 heteroatoms.